The topological polar surface area (TPSA) is 38.9 Å². The molecule has 0 saturated heterocycles. The van der Waals surface area contributed by atoms with Crippen molar-refractivity contribution in [1.29, 1.82) is 0 Å². The maximum atomic E-state index is 6.18. The molecule has 1 heterocycles. The molecule has 1 saturated carbocycles. The van der Waals surface area contributed by atoms with Crippen LogP contribution in [0.4, 0.5) is 0 Å². The van der Waals surface area contributed by atoms with Crippen molar-refractivity contribution in [3.63, 3.8) is 0 Å². The molecule has 1 atom stereocenters. The number of hydrogen-bond acceptors (Lipinski definition) is 2. The van der Waals surface area contributed by atoms with E-state index in [1.165, 1.54) is 12.8 Å². The van der Waals surface area contributed by atoms with Gasteiger partial charge in [-0.25, -0.2) is 0 Å². The van der Waals surface area contributed by atoms with Crippen LogP contribution in [0.25, 0.3) is 0 Å². The van der Waals surface area contributed by atoms with Crippen LogP contribution in [-0.4, -0.2) is 4.98 Å². The van der Waals surface area contributed by atoms with Crippen LogP contribution in [0.15, 0.2) is 6.07 Å². The Morgan fingerprint density at radius 1 is 1.50 bits per heavy atom. The van der Waals surface area contributed by atoms with Crippen molar-refractivity contribution in [3.05, 3.63) is 28.0 Å². The first-order chi connectivity index (χ1) is 6.59. The number of pyridine rings is 1. The molecule has 2 nitrogen and oxygen atoms in total. The summed E-state index contributed by atoms with van der Waals surface area (Å²) in [5.74, 6) is 0.621. The van der Waals surface area contributed by atoms with E-state index in [0.29, 0.717) is 5.92 Å². The number of aryl methyl sites for hydroxylation is 2. The Kier molecular flexibility index (Phi) is 2.50. The minimum Gasteiger partial charge on any atom is -0.324 e. The minimum absolute atomic E-state index is 0.0793. The van der Waals surface area contributed by atoms with Gasteiger partial charge in [-0.3, -0.25) is 4.98 Å². The Labute approximate surface area is 89.5 Å². The van der Waals surface area contributed by atoms with E-state index in [0.717, 1.165) is 22.0 Å². The SMILES string of the molecule is Cc1cc(Cl)c([C@H](N)C2CC2)c(C)n1. The third kappa shape index (κ3) is 1.77. The zero-order chi connectivity index (χ0) is 10.3. The second-order valence-electron chi connectivity index (χ2n) is 4.11. The van der Waals surface area contributed by atoms with Crippen LogP contribution >= 0.6 is 11.6 Å². The molecule has 0 bridgehead atoms. The number of halogens is 1. The molecule has 0 amide bonds. The predicted molar refractivity (Wildman–Crippen MR) is 58.4 cm³/mol. The second-order valence-corrected chi connectivity index (χ2v) is 4.51. The van der Waals surface area contributed by atoms with Crippen LogP contribution in [0, 0.1) is 19.8 Å². The van der Waals surface area contributed by atoms with Gasteiger partial charge in [-0.05, 0) is 38.7 Å². The average molecular weight is 211 g/mol. The molecule has 0 aliphatic heterocycles. The summed E-state index contributed by atoms with van der Waals surface area (Å²) in [6.07, 6.45) is 2.45. The molecule has 76 valence electrons. The van der Waals surface area contributed by atoms with E-state index >= 15 is 0 Å². The first-order valence-corrected chi connectivity index (χ1v) is 5.36. The van der Waals surface area contributed by atoms with E-state index in [1.807, 2.05) is 19.9 Å². The zero-order valence-corrected chi connectivity index (χ0v) is 9.30. The Morgan fingerprint density at radius 3 is 2.64 bits per heavy atom. The molecular weight excluding hydrogens is 196 g/mol. The van der Waals surface area contributed by atoms with Gasteiger partial charge in [0.25, 0.3) is 0 Å². The van der Waals surface area contributed by atoms with Gasteiger partial charge in [0.05, 0.1) is 0 Å². The lowest BCUT2D eigenvalue weighted by Gasteiger charge is -2.15. The molecule has 0 aromatic carbocycles. The standard InChI is InChI=1S/C11H15ClN2/c1-6-5-9(12)10(7(2)14-6)11(13)8-3-4-8/h5,8,11H,3-4,13H2,1-2H3/t11-/m1/s1. The molecule has 1 aliphatic carbocycles. The molecule has 0 spiro atoms. The van der Waals surface area contributed by atoms with Crippen molar-refractivity contribution in [3.8, 4) is 0 Å². The lowest BCUT2D eigenvalue weighted by Crippen LogP contribution is -2.15. The maximum absolute atomic E-state index is 6.18. The number of nitrogens with two attached hydrogens (primary N) is 1. The number of hydrogen-bond donors (Lipinski definition) is 1. The molecule has 0 unspecified atom stereocenters. The third-order valence-corrected chi connectivity index (χ3v) is 3.10. The van der Waals surface area contributed by atoms with E-state index in [9.17, 15) is 0 Å². The summed E-state index contributed by atoms with van der Waals surface area (Å²) >= 11 is 6.18. The Morgan fingerprint density at radius 2 is 2.14 bits per heavy atom. The summed E-state index contributed by atoms with van der Waals surface area (Å²) in [5.41, 5.74) is 9.11. The van der Waals surface area contributed by atoms with E-state index in [1.54, 1.807) is 0 Å². The maximum Gasteiger partial charge on any atom is 0.0489 e. The fraction of sp³-hybridized carbons (Fsp3) is 0.545. The summed E-state index contributed by atoms with van der Waals surface area (Å²) in [7, 11) is 0. The zero-order valence-electron chi connectivity index (χ0n) is 8.55. The largest absolute Gasteiger partial charge is 0.324 e. The van der Waals surface area contributed by atoms with Crippen LogP contribution in [-0.2, 0) is 0 Å². The highest BCUT2D eigenvalue weighted by Gasteiger charge is 2.31. The van der Waals surface area contributed by atoms with Crippen molar-refractivity contribution in [2.75, 3.05) is 0 Å². The summed E-state index contributed by atoms with van der Waals surface area (Å²) in [6, 6.07) is 1.97. The van der Waals surface area contributed by atoms with Gasteiger partial charge in [0, 0.05) is 28.0 Å². The van der Waals surface area contributed by atoms with Gasteiger partial charge in [-0.2, -0.15) is 0 Å². The van der Waals surface area contributed by atoms with E-state index in [-0.39, 0.29) is 6.04 Å². The molecule has 14 heavy (non-hydrogen) atoms. The molecular formula is C11H15ClN2. The van der Waals surface area contributed by atoms with Gasteiger partial charge < -0.3 is 5.73 Å². The normalized spacial score (nSPS) is 18.3. The Bertz CT molecular complexity index is 335. The summed E-state index contributed by atoms with van der Waals surface area (Å²) in [5, 5.41) is 0.773. The second kappa shape index (κ2) is 3.52. The van der Waals surface area contributed by atoms with Gasteiger partial charge in [0.1, 0.15) is 0 Å². The molecule has 1 fully saturated rings. The predicted octanol–water partition coefficient (Wildman–Crippen LogP) is 2.76. The monoisotopic (exact) mass is 210 g/mol. The third-order valence-electron chi connectivity index (χ3n) is 2.79. The molecule has 2 rings (SSSR count). The Hall–Kier alpha value is -0.600. The van der Waals surface area contributed by atoms with Crippen molar-refractivity contribution in [2.24, 2.45) is 11.7 Å². The number of aromatic nitrogens is 1. The summed E-state index contributed by atoms with van der Waals surface area (Å²) in [4.78, 5) is 4.40. The van der Waals surface area contributed by atoms with Gasteiger partial charge in [-0.1, -0.05) is 11.6 Å². The quantitative estimate of drug-likeness (QED) is 0.816. The van der Waals surface area contributed by atoms with E-state index in [4.69, 9.17) is 17.3 Å². The average Bonchev–Trinajstić information content (AvgIpc) is 2.83. The van der Waals surface area contributed by atoms with Crippen molar-refractivity contribution < 1.29 is 0 Å². The molecule has 1 aliphatic rings. The smallest absolute Gasteiger partial charge is 0.0489 e. The molecule has 3 heteroatoms. The molecule has 0 radical (unpaired) electrons. The lowest BCUT2D eigenvalue weighted by atomic mass is 10.0. The van der Waals surface area contributed by atoms with Crippen LogP contribution in [0.3, 0.4) is 0 Å². The van der Waals surface area contributed by atoms with Crippen molar-refractivity contribution in [1.82, 2.24) is 4.98 Å². The highest BCUT2D eigenvalue weighted by Crippen LogP contribution is 2.42. The Balaban J connectivity index is 2.40. The van der Waals surface area contributed by atoms with Crippen LogP contribution in [0.2, 0.25) is 5.02 Å². The first-order valence-electron chi connectivity index (χ1n) is 4.99. The fourth-order valence-corrected chi connectivity index (χ4v) is 2.30. The molecule has 1 aromatic heterocycles. The molecule has 1 aromatic rings. The fourth-order valence-electron chi connectivity index (χ4n) is 1.88. The minimum atomic E-state index is 0.0793. The van der Waals surface area contributed by atoms with Gasteiger partial charge in [0.2, 0.25) is 0 Å². The van der Waals surface area contributed by atoms with Gasteiger partial charge >= 0.3 is 0 Å². The number of nitrogens with zero attached hydrogens (tertiary/aromatic N) is 1. The summed E-state index contributed by atoms with van der Waals surface area (Å²) in [6.45, 7) is 3.93. The van der Waals surface area contributed by atoms with E-state index < -0.39 is 0 Å². The van der Waals surface area contributed by atoms with Crippen LogP contribution in [0.1, 0.15) is 35.8 Å². The first kappa shape index (κ1) is 9.94. The van der Waals surface area contributed by atoms with Crippen molar-refractivity contribution in [2.45, 2.75) is 32.7 Å². The molecule has 2 N–H and O–H groups in total. The van der Waals surface area contributed by atoms with Crippen molar-refractivity contribution >= 4 is 11.6 Å². The van der Waals surface area contributed by atoms with Gasteiger partial charge in [0.15, 0.2) is 0 Å². The summed E-state index contributed by atoms with van der Waals surface area (Å²) < 4.78 is 0. The van der Waals surface area contributed by atoms with Crippen LogP contribution in [0.5, 0.6) is 0 Å². The highest BCUT2D eigenvalue weighted by molar-refractivity contribution is 6.31. The lowest BCUT2D eigenvalue weighted by molar-refractivity contribution is 0.625. The van der Waals surface area contributed by atoms with Gasteiger partial charge in [-0.15, -0.1) is 0 Å². The highest BCUT2D eigenvalue weighted by atomic mass is 35.5. The number of rotatable bonds is 2. The van der Waals surface area contributed by atoms with Crippen LogP contribution < -0.4 is 5.73 Å². The van der Waals surface area contributed by atoms with E-state index in [2.05, 4.69) is 4.98 Å².